The third-order valence-corrected chi connectivity index (χ3v) is 3.20. The van der Waals surface area contributed by atoms with Crippen LogP contribution in [-0.2, 0) is 16.1 Å². The molecule has 1 aromatic carbocycles. The van der Waals surface area contributed by atoms with E-state index in [1.807, 2.05) is 29.2 Å². The molecular formula is C13H11N3O2. The van der Waals surface area contributed by atoms with Crippen LogP contribution in [0.4, 0.5) is 5.69 Å². The highest BCUT2D eigenvalue weighted by Gasteiger charge is 2.35. The number of anilines is 1. The van der Waals surface area contributed by atoms with Crippen LogP contribution in [0.15, 0.2) is 36.7 Å². The van der Waals surface area contributed by atoms with Crippen molar-refractivity contribution in [2.24, 2.45) is 0 Å². The Labute approximate surface area is 103 Å². The fourth-order valence-corrected chi connectivity index (χ4v) is 2.40. The number of Topliss-reactive ketones (excluding diaryl/α,β-unsaturated/α-hetero) is 1. The Morgan fingerprint density at radius 1 is 1.44 bits per heavy atom. The number of carbonyl (C=O) groups is 2. The predicted octanol–water partition coefficient (Wildman–Crippen LogP) is 1.24. The van der Waals surface area contributed by atoms with Gasteiger partial charge in [-0.25, -0.2) is 0 Å². The fourth-order valence-electron chi connectivity index (χ4n) is 2.40. The van der Waals surface area contributed by atoms with E-state index < -0.39 is 11.8 Å². The summed E-state index contributed by atoms with van der Waals surface area (Å²) in [4.78, 5) is 24.5. The molecule has 1 aliphatic rings. The van der Waals surface area contributed by atoms with E-state index in [1.54, 1.807) is 12.4 Å². The number of ketones is 1. The Morgan fingerprint density at radius 3 is 3.00 bits per heavy atom. The molecule has 2 aromatic rings. The minimum atomic E-state index is -0.531. The number of hydrogen-bond donors (Lipinski definition) is 1. The summed E-state index contributed by atoms with van der Waals surface area (Å²) >= 11 is 0. The first-order valence-corrected chi connectivity index (χ1v) is 5.63. The van der Waals surface area contributed by atoms with Gasteiger partial charge in [0.15, 0.2) is 6.29 Å². The maximum atomic E-state index is 11.8. The molecule has 2 heterocycles. The smallest absolute Gasteiger partial charge is 0.222 e. The van der Waals surface area contributed by atoms with Crippen molar-refractivity contribution in [1.82, 2.24) is 10.2 Å². The van der Waals surface area contributed by atoms with Gasteiger partial charge in [-0.3, -0.25) is 14.7 Å². The number of fused-ring (bicyclic) bond motifs is 1. The summed E-state index contributed by atoms with van der Waals surface area (Å²) < 4.78 is 0. The number of benzene rings is 1. The van der Waals surface area contributed by atoms with E-state index in [9.17, 15) is 9.59 Å². The second-order valence-electron chi connectivity index (χ2n) is 4.21. The third kappa shape index (κ3) is 1.52. The van der Waals surface area contributed by atoms with Gasteiger partial charge in [0, 0.05) is 12.7 Å². The van der Waals surface area contributed by atoms with Gasteiger partial charge in [-0.05, 0) is 11.1 Å². The Hall–Kier alpha value is -2.43. The molecule has 0 saturated carbocycles. The Balaban J connectivity index is 2.08. The zero-order chi connectivity index (χ0) is 12.5. The largest absolute Gasteiger partial charge is 0.350 e. The summed E-state index contributed by atoms with van der Waals surface area (Å²) in [5.41, 5.74) is 2.78. The first-order valence-electron chi connectivity index (χ1n) is 5.63. The summed E-state index contributed by atoms with van der Waals surface area (Å²) in [7, 11) is 0. The second-order valence-corrected chi connectivity index (χ2v) is 4.21. The topological polar surface area (TPSA) is 66.1 Å². The molecule has 0 saturated heterocycles. The predicted molar refractivity (Wildman–Crippen MR) is 65.0 cm³/mol. The fraction of sp³-hybridized carbons (Fsp3) is 0.154. The highest BCUT2D eigenvalue weighted by molar-refractivity contribution is 6.28. The van der Waals surface area contributed by atoms with Gasteiger partial charge < -0.3 is 4.90 Å². The zero-order valence-corrected chi connectivity index (χ0v) is 9.54. The minimum Gasteiger partial charge on any atom is -0.350 e. The van der Waals surface area contributed by atoms with Crippen molar-refractivity contribution in [3.8, 4) is 0 Å². The number of aromatic nitrogens is 2. The summed E-state index contributed by atoms with van der Waals surface area (Å²) in [5.74, 6) is -0.429. The molecule has 1 unspecified atom stereocenters. The number of nitrogens with one attached hydrogen (secondary N) is 1. The molecule has 0 fully saturated rings. The number of hydrogen-bond acceptors (Lipinski definition) is 4. The molecule has 18 heavy (non-hydrogen) atoms. The lowest BCUT2D eigenvalue weighted by atomic mass is 10.0. The Bertz CT molecular complexity index is 592. The summed E-state index contributed by atoms with van der Waals surface area (Å²) in [6.07, 6.45) is 3.76. The average Bonchev–Trinajstić information content (AvgIpc) is 3.04. The lowest BCUT2D eigenvalue weighted by Crippen LogP contribution is -2.28. The van der Waals surface area contributed by atoms with Gasteiger partial charge in [-0.15, -0.1) is 0 Å². The van der Waals surface area contributed by atoms with Crippen LogP contribution in [0.3, 0.4) is 0 Å². The number of carbonyl (C=O) groups excluding carboxylic acids is 2. The molecule has 3 rings (SSSR count). The molecule has 0 aliphatic carbocycles. The zero-order valence-electron chi connectivity index (χ0n) is 9.54. The summed E-state index contributed by atoms with van der Waals surface area (Å²) in [6, 6.07) is 7.14. The van der Waals surface area contributed by atoms with Crippen molar-refractivity contribution in [3.63, 3.8) is 0 Å². The molecule has 0 bridgehead atoms. The molecule has 1 aliphatic heterocycles. The Kier molecular flexibility index (Phi) is 2.44. The number of rotatable bonds is 3. The number of H-pyrrole nitrogens is 1. The van der Waals surface area contributed by atoms with Crippen LogP contribution < -0.4 is 4.90 Å². The molecule has 0 radical (unpaired) electrons. The van der Waals surface area contributed by atoms with E-state index in [-0.39, 0.29) is 0 Å². The Morgan fingerprint density at radius 2 is 2.28 bits per heavy atom. The SMILES string of the molecule is O=CC(=O)C1c2ccccc2CN1c1cn[nH]c1. The monoisotopic (exact) mass is 241 g/mol. The van der Waals surface area contributed by atoms with E-state index in [0.29, 0.717) is 12.8 Å². The van der Waals surface area contributed by atoms with Crippen LogP contribution in [-0.4, -0.2) is 22.3 Å². The lowest BCUT2D eigenvalue weighted by Gasteiger charge is -2.22. The molecule has 0 amide bonds. The van der Waals surface area contributed by atoms with E-state index >= 15 is 0 Å². The van der Waals surface area contributed by atoms with Gasteiger partial charge in [0.05, 0.1) is 11.9 Å². The third-order valence-electron chi connectivity index (χ3n) is 3.20. The van der Waals surface area contributed by atoms with E-state index in [2.05, 4.69) is 10.2 Å². The standard InChI is InChI=1S/C13H11N3O2/c17-8-12(18)13-11-4-2-1-3-9(11)7-16(13)10-5-14-15-6-10/h1-6,8,13H,7H2,(H,14,15). The van der Waals surface area contributed by atoms with Crippen LogP contribution in [0.5, 0.6) is 0 Å². The van der Waals surface area contributed by atoms with E-state index in [0.717, 1.165) is 16.8 Å². The maximum absolute atomic E-state index is 11.8. The van der Waals surface area contributed by atoms with Crippen molar-refractivity contribution in [2.45, 2.75) is 12.6 Å². The second kappa shape index (κ2) is 4.10. The quantitative estimate of drug-likeness (QED) is 0.648. The van der Waals surface area contributed by atoms with Gasteiger partial charge in [-0.1, -0.05) is 24.3 Å². The minimum absolute atomic E-state index is 0.389. The van der Waals surface area contributed by atoms with Crippen LogP contribution in [0, 0.1) is 0 Å². The molecule has 1 aromatic heterocycles. The van der Waals surface area contributed by atoms with Crippen LogP contribution in [0.1, 0.15) is 17.2 Å². The molecule has 1 N–H and O–H groups in total. The highest BCUT2D eigenvalue weighted by atomic mass is 16.2. The first kappa shape index (κ1) is 10.7. The van der Waals surface area contributed by atoms with E-state index in [4.69, 9.17) is 0 Å². The number of aromatic amines is 1. The number of nitrogens with zero attached hydrogens (tertiary/aromatic N) is 2. The maximum Gasteiger partial charge on any atom is 0.222 e. The van der Waals surface area contributed by atoms with Crippen LogP contribution in [0.25, 0.3) is 0 Å². The van der Waals surface area contributed by atoms with Gasteiger partial charge in [0.1, 0.15) is 6.04 Å². The molecule has 1 atom stereocenters. The number of aldehydes is 1. The van der Waals surface area contributed by atoms with Crippen molar-refractivity contribution in [1.29, 1.82) is 0 Å². The van der Waals surface area contributed by atoms with Gasteiger partial charge >= 0.3 is 0 Å². The lowest BCUT2D eigenvalue weighted by molar-refractivity contribution is -0.130. The van der Waals surface area contributed by atoms with Crippen LogP contribution in [0.2, 0.25) is 0 Å². The molecule has 5 nitrogen and oxygen atoms in total. The van der Waals surface area contributed by atoms with Crippen molar-refractivity contribution in [3.05, 3.63) is 47.8 Å². The van der Waals surface area contributed by atoms with Crippen LogP contribution >= 0.6 is 0 Å². The molecular weight excluding hydrogens is 230 g/mol. The highest BCUT2D eigenvalue weighted by Crippen LogP contribution is 2.37. The van der Waals surface area contributed by atoms with Gasteiger partial charge in [0.2, 0.25) is 5.78 Å². The average molecular weight is 241 g/mol. The van der Waals surface area contributed by atoms with Gasteiger partial charge in [0.25, 0.3) is 0 Å². The van der Waals surface area contributed by atoms with Crippen molar-refractivity contribution >= 4 is 17.8 Å². The summed E-state index contributed by atoms with van der Waals surface area (Å²) in [5, 5.41) is 6.60. The summed E-state index contributed by atoms with van der Waals surface area (Å²) in [6.45, 7) is 0.611. The molecule has 5 heteroatoms. The van der Waals surface area contributed by atoms with E-state index in [1.165, 1.54) is 0 Å². The first-order chi connectivity index (χ1) is 8.81. The van der Waals surface area contributed by atoms with Crippen molar-refractivity contribution in [2.75, 3.05) is 4.90 Å². The van der Waals surface area contributed by atoms with Gasteiger partial charge in [-0.2, -0.15) is 5.10 Å². The molecule has 90 valence electrons. The van der Waals surface area contributed by atoms with Crippen molar-refractivity contribution < 1.29 is 9.59 Å². The molecule has 0 spiro atoms. The normalized spacial score (nSPS) is 17.6.